The molecular weight excluding hydrogens is 625 g/mol. The molecule has 9 nitrogen and oxygen atoms in total. The lowest BCUT2D eigenvalue weighted by Crippen LogP contribution is -2.57. The number of hydrogen-bond donors (Lipinski definition) is 1. The molecule has 2 aromatic rings. The molecule has 0 aromatic heterocycles. The van der Waals surface area contributed by atoms with Crippen LogP contribution in [-0.4, -0.2) is 89.7 Å². The third kappa shape index (κ3) is 6.13. The van der Waals surface area contributed by atoms with Gasteiger partial charge in [0.05, 0.1) is 23.2 Å². The first-order valence-electron chi connectivity index (χ1n) is 17.2. The number of rotatable bonds is 16. The highest BCUT2D eigenvalue weighted by Crippen LogP contribution is 2.69. The van der Waals surface area contributed by atoms with Gasteiger partial charge in [-0.1, -0.05) is 19.1 Å². The molecule has 10 heteroatoms. The molecule has 6 atom stereocenters. The van der Waals surface area contributed by atoms with E-state index >= 15 is 0 Å². The summed E-state index contributed by atoms with van der Waals surface area (Å²) in [5.41, 5.74) is 2.51. The molecule has 0 radical (unpaired) electrons. The number of fused-ring (bicyclic) bond motifs is 1. The van der Waals surface area contributed by atoms with Crippen molar-refractivity contribution in [3.05, 3.63) is 73.8 Å². The summed E-state index contributed by atoms with van der Waals surface area (Å²) < 4.78 is 4.83. The van der Waals surface area contributed by atoms with Gasteiger partial charge in [0.1, 0.15) is 11.8 Å². The third-order valence-corrected chi connectivity index (χ3v) is 12.3. The van der Waals surface area contributed by atoms with Crippen molar-refractivity contribution in [1.29, 1.82) is 0 Å². The summed E-state index contributed by atoms with van der Waals surface area (Å²) >= 11 is 1.66. The molecule has 0 aliphatic carbocycles. The van der Waals surface area contributed by atoms with Gasteiger partial charge in [-0.3, -0.25) is 14.4 Å². The minimum atomic E-state index is -0.787. The van der Waals surface area contributed by atoms with Gasteiger partial charge < -0.3 is 29.4 Å². The number of benzene rings is 2. The van der Waals surface area contributed by atoms with E-state index < -0.39 is 22.6 Å². The Morgan fingerprint density at radius 2 is 1.52 bits per heavy atom. The van der Waals surface area contributed by atoms with Crippen LogP contribution < -0.4 is 19.4 Å². The van der Waals surface area contributed by atoms with Crippen LogP contribution in [0.25, 0.3) is 0 Å². The average Bonchev–Trinajstić information content (AvgIpc) is 3.69. The van der Waals surface area contributed by atoms with Crippen molar-refractivity contribution in [2.24, 2.45) is 17.8 Å². The number of amides is 3. The molecule has 0 saturated carbocycles. The third-order valence-electron chi connectivity index (χ3n) is 10.2. The molecule has 3 fully saturated rings. The lowest BCUT2D eigenvalue weighted by Gasteiger charge is -2.41. The molecule has 1 N–H and O–H groups in total. The Morgan fingerprint density at radius 1 is 0.958 bits per heavy atom. The van der Waals surface area contributed by atoms with Gasteiger partial charge in [0, 0.05) is 61.6 Å². The Bertz CT molecular complexity index is 1480. The first-order chi connectivity index (χ1) is 23.2. The minimum absolute atomic E-state index is 0.0209. The molecule has 3 heterocycles. The quantitative estimate of drug-likeness (QED) is 0.239. The number of hydrogen-bond acceptors (Lipinski definition) is 7. The van der Waals surface area contributed by atoms with Crippen molar-refractivity contribution >= 4 is 46.5 Å². The zero-order valence-corrected chi connectivity index (χ0v) is 29.5. The number of carbonyl (C=O) groups is 3. The number of thioether (sulfide) groups is 1. The van der Waals surface area contributed by atoms with Gasteiger partial charge in [-0.2, -0.15) is 0 Å². The smallest absolute Gasteiger partial charge is 0.251 e. The predicted molar refractivity (Wildman–Crippen MR) is 195 cm³/mol. The first kappa shape index (κ1) is 35.5. The average molecular weight is 675 g/mol. The highest BCUT2D eigenvalue weighted by molar-refractivity contribution is 8.02. The second-order valence-electron chi connectivity index (χ2n) is 12.8. The van der Waals surface area contributed by atoms with Gasteiger partial charge >= 0.3 is 0 Å². The SMILES string of the molecule is C=CCN(C(=O)C1N(CCCO)C(=O)[C@@H]2[C@@H](C(=O)N(CC=C)c3ccc(OCC)cc3)[C@H]3CC(C)C12S3)c1ccc(N(CC)CC)cc1. The number of anilines is 3. The molecule has 2 aromatic carbocycles. The Balaban J connectivity index is 1.53. The second kappa shape index (κ2) is 15.2. The molecule has 3 aliphatic rings. The second-order valence-corrected chi connectivity index (χ2v) is 14.3. The Hall–Kier alpha value is -3.76. The Labute approximate surface area is 289 Å². The number of carbonyl (C=O) groups excluding carboxylic acids is 3. The van der Waals surface area contributed by atoms with Gasteiger partial charge in [-0.25, -0.2) is 0 Å². The van der Waals surface area contributed by atoms with Gasteiger partial charge in [0.15, 0.2) is 0 Å². The summed E-state index contributed by atoms with van der Waals surface area (Å²) in [6, 6.07) is 14.6. The van der Waals surface area contributed by atoms with Crippen LogP contribution in [0.1, 0.15) is 40.5 Å². The van der Waals surface area contributed by atoms with Crippen molar-refractivity contribution in [2.75, 3.05) is 60.6 Å². The van der Waals surface area contributed by atoms with Crippen molar-refractivity contribution in [3.63, 3.8) is 0 Å². The van der Waals surface area contributed by atoms with Crippen LogP contribution in [0.5, 0.6) is 5.75 Å². The van der Waals surface area contributed by atoms with Crippen LogP contribution in [0.4, 0.5) is 17.1 Å². The summed E-state index contributed by atoms with van der Waals surface area (Å²) in [5, 5.41) is 9.72. The molecule has 3 unspecified atom stereocenters. The molecule has 3 amide bonds. The predicted octanol–water partition coefficient (Wildman–Crippen LogP) is 5.39. The number of aliphatic hydroxyl groups excluding tert-OH is 1. The van der Waals surface area contributed by atoms with Crippen LogP contribution in [0.15, 0.2) is 73.8 Å². The van der Waals surface area contributed by atoms with Crippen LogP contribution >= 0.6 is 11.8 Å². The number of nitrogens with zero attached hydrogens (tertiary/aromatic N) is 4. The minimum Gasteiger partial charge on any atom is -0.494 e. The van der Waals surface area contributed by atoms with Gasteiger partial charge in [0.2, 0.25) is 11.8 Å². The fourth-order valence-corrected chi connectivity index (χ4v) is 10.5. The van der Waals surface area contributed by atoms with E-state index in [9.17, 15) is 19.5 Å². The standard InChI is InChI=1S/C38H50N4O5S/c1-7-21-40(29-17-19-30(20-18-29)47-11-5)35(44)32-31-25-26(6)38(48-31)33(32)36(45)42(23-12-24-43)34(38)37(46)41(22-8-2)28-15-13-27(14-16-28)39(9-3)10-4/h7-8,13-20,26,31-34,43H,1-2,9-12,21-25H2,3-6H3/t26?,31-,32+,33+,34?,38?/m1/s1. The van der Waals surface area contributed by atoms with Crippen molar-refractivity contribution in [2.45, 2.75) is 56.6 Å². The fraction of sp³-hybridized carbons (Fsp3) is 0.500. The summed E-state index contributed by atoms with van der Waals surface area (Å²) in [7, 11) is 0. The van der Waals surface area contributed by atoms with E-state index in [0.717, 1.165) is 30.9 Å². The molecule has 2 bridgehead atoms. The van der Waals surface area contributed by atoms with Gasteiger partial charge in [0.25, 0.3) is 5.91 Å². The maximum Gasteiger partial charge on any atom is 0.251 e. The van der Waals surface area contributed by atoms with Crippen LogP contribution in [0.2, 0.25) is 0 Å². The number of aliphatic hydroxyl groups is 1. The molecular formula is C38H50N4O5S. The largest absolute Gasteiger partial charge is 0.494 e. The van der Waals surface area contributed by atoms with E-state index in [-0.39, 0.29) is 55.1 Å². The van der Waals surface area contributed by atoms with E-state index in [1.54, 1.807) is 38.6 Å². The number of likely N-dealkylation sites (tertiary alicyclic amines) is 1. The molecule has 5 rings (SSSR count). The van der Waals surface area contributed by atoms with Gasteiger partial charge in [-0.15, -0.1) is 24.9 Å². The molecule has 3 saturated heterocycles. The fourth-order valence-electron chi connectivity index (χ4n) is 8.11. The van der Waals surface area contributed by atoms with E-state index in [2.05, 4.69) is 38.8 Å². The van der Waals surface area contributed by atoms with Crippen LogP contribution in [-0.2, 0) is 14.4 Å². The zero-order chi connectivity index (χ0) is 34.6. The summed E-state index contributed by atoms with van der Waals surface area (Å²) in [5.74, 6) is -1.01. The van der Waals surface area contributed by atoms with E-state index in [4.69, 9.17) is 4.74 Å². The normalized spacial score (nSPS) is 25.5. The lowest BCUT2D eigenvalue weighted by molar-refractivity contribution is -0.139. The molecule has 258 valence electrons. The highest BCUT2D eigenvalue weighted by Gasteiger charge is 2.76. The van der Waals surface area contributed by atoms with E-state index in [1.807, 2.05) is 55.5 Å². The van der Waals surface area contributed by atoms with Gasteiger partial charge in [-0.05, 0) is 88.1 Å². The topological polar surface area (TPSA) is 93.6 Å². The summed E-state index contributed by atoms with van der Waals surface area (Å²) in [6.07, 6.45) is 4.48. The van der Waals surface area contributed by atoms with Crippen LogP contribution in [0.3, 0.4) is 0 Å². The lowest BCUT2D eigenvalue weighted by atomic mass is 9.65. The molecule has 1 spiro atoms. The van der Waals surface area contributed by atoms with Crippen LogP contribution in [0, 0.1) is 17.8 Å². The Morgan fingerprint density at radius 3 is 2.06 bits per heavy atom. The monoisotopic (exact) mass is 674 g/mol. The molecule has 3 aliphatic heterocycles. The van der Waals surface area contributed by atoms with Crippen molar-refractivity contribution in [1.82, 2.24) is 4.90 Å². The van der Waals surface area contributed by atoms with Crippen molar-refractivity contribution < 1.29 is 24.2 Å². The van der Waals surface area contributed by atoms with E-state index in [1.165, 1.54) is 0 Å². The maximum absolute atomic E-state index is 15.0. The zero-order valence-electron chi connectivity index (χ0n) is 28.7. The van der Waals surface area contributed by atoms with Crippen molar-refractivity contribution in [3.8, 4) is 5.75 Å². The summed E-state index contributed by atoms with van der Waals surface area (Å²) in [4.78, 5) is 51.5. The first-order valence-corrected chi connectivity index (χ1v) is 18.1. The highest BCUT2D eigenvalue weighted by atomic mass is 32.2. The number of ether oxygens (including phenoxy) is 1. The Kier molecular flexibility index (Phi) is 11.3. The van der Waals surface area contributed by atoms with E-state index in [0.29, 0.717) is 24.5 Å². The molecule has 48 heavy (non-hydrogen) atoms. The summed E-state index contributed by atoms with van der Waals surface area (Å²) in [6.45, 7) is 19.1. The maximum atomic E-state index is 15.0.